The van der Waals surface area contributed by atoms with Crippen LogP contribution in [-0.4, -0.2) is 26.3 Å². The molecule has 1 aromatic carbocycles. The highest BCUT2D eigenvalue weighted by Gasteiger charge is 2.24. The highest BCUT2D eigenvalue weighted by molar-refractivity contribution is 5.83. The van der Waals surface area contributed by atoms with E-state index in [0.717, 1.165) is 47.8 Å². The van der Waals surface area contributed by atoms with Gasteiger partial charge in [-0.05, 0) is 48.7 Å². The maximum Gasteiger partial charge on any atom is 0.119 e. The molecule has 6 rings (SSSR count). The molecule has 0 atom stereocenters. The number of nitrogens with zero attached hydrogens (tertiary/aromatic N) is 4. The predicted octanol–water partition coefficient (Wildman–Crippen LogP) is 4.57. The van der Waals surface area contributed by atoms with Crippen LogP contribution in [0.5, 0.6) is 5.75 Å². The second kappa shape index (κ2) is 8.20. The minimum absolute atomic E-state index is 0.520. The summed E-state index contributed by atoms with van der Waals surface area (Å²) < 4.78 is 8.16. The normalized spacial score (nSPS) is 15.4. The van der Waals surface area contributed by atoms with Crippen LogP contribution in [0.2, 0.25) is 0 Å². The largest absolute Gasteiger partial charge is 0.489 e. The number of benzene rings is 1. The zero-order valence-electron chi connectivity index (χ0n) is 17.9. The summed E-state index contributed by atoms with van der Waals surface area (Å²) in [4.78, 5) is 8.74. The fourth-order valence-electron chi connectivity index (χ4n) is 4.29. The fourth-order valence-corrected chi connectivity index (χ4v) is 4.29. The number of rotatable bonds is 6. The Hall–Kier alpha value is -3.51. The Morgan fingerprint density at radius 3 is 2.56 bits per heavy atom. The lowest BCUT2D eigenvalue weighted by molar-refractivity contribution is 0.305. The van der Waals surface area contributed by atoms with E-state index in [1.54, 1.807) is 0 Å². The number of hydrogen-bond donors (Lipinski definition) is 1. The molecule has 0 bridgehead atoms. The van der Waals surface area contributed by atoms with Gasteiger partial charge in [0, 0.05) is 60.0 Å². The van der Waals surface area contributed by atoms with E-state index in [0.29, 0.717) is 12.5 Å². The second-order valence-corrected chi connectivity index (χ2v) is 8.48. The maximum atomic E-state index is 6.03. The Labute approximate surface area is 187 Å². The number of fused-ring (bicyclic) bond motifs is 1. The van der Waals surface area contributed by atoms with E-state index in [4.69, 9.17) is 9.84 Å². The smallest absolute Gasteiger partial charge is 0.119 e. The summed E-state index contributed by atoms with van der Waals surface area (Å²) in [5, 5.41) is 8.41. The number of ether oxygens (including phenoxy) is 1. The van der Waals surface area contributed by atoms with Crippen LogP contribution in [-0.2, 0) is 19.7 Å². The molecular weight excluding hydrogens is 398 g/mol. The molecule has 1 aliphatic heterocycles. The summed E-state index contributed by atoms with van der Waals surface area (Å²) in [5.74, 6) is 1.53. The Balaban J connectivity index is 1.24. The number of nitrogens with one attached hydrogen (secondary N) is 1. The van der Waals surface area contributed by atoms with Gasteiger partial charge in [0.05, 0.1) is 12.2 Å². The van der Waals surface area contributed by atoms with Gasteiger partial charge in [0.2, 0.25) is 0 Å². The maximum absolute atomic E-state index is 6.03. The molecule has 0 radical (unpaired) electrons. The van der Waals surface area contributed by atoms with Crippen molar-refractivity contribution in [1.29, 1.82) is 0 Å². The van der Waals surface area contributed by atoms with Crippen molar-refractivity contribution in [2.45, 2.75) is 38.5 Å². The van der Waals surface area contributed by atoms with E-state index in [1.807, 2.05) is 42.9 Å². The van der Waals surface area contributed by atoms with E-state index in [9.17, 15) is 0 Å². The third-order valence-corrected chi connectivity index (χ3v) is 6.20. The van der Waals surface area contributed by atoms with Crippen LogP contribution in [0.25, 0.3) is 22.4 Å². The molecule has 0 spiro atoms. The van der Waals surface area contributed by atoms with Gasteiger partial charge < -0.3 is 10.1 Å². The molecular formula is C26H25N5O. The van der Waals surface area contributed by atoms with Gasteiger partial charge in [-0.1, -0.05) is 18.2 Å². The molecule has 4 heterocycles. The highest BCUT2D eigenvalue weighted by atomic mass is 16.5. The van der Waals surface area contributed by atoms with Crippen molar-refractivity contribution in [3.63, 3.8) is 0 Å². The van der Waals surface area contributed by atoms with Crippen molar-refractivity contribution in [2.75, 3.05) is 6.54 Å². The Morgan fingerprint density at radius 2 is 1.81 bits per heavy atom. The van der Waals surface area contributed by atoms with Crippen molar-refractivity contribution in [1.82, 2.24) is 25.1 Å². The molecule has 0 unspecified atom stereocenters. The van der Waals surface area contributed by atoms with E-state index in [2.05, 4.69) is 44.2 Å². The lowest BCUT2D eigenvalue weighted by Gasteiger charge is -2.16. The Morgan fingerprint density at radius 1 is 0.969 bits per heavy atom. The lowest BCUT2D eigenvalue weighted by Crippen LogP contribution is -2.28. The molecule has 160 valence electrons. The Kier molecular flexibility index (Phi) is 4.92. The standard InChI is InChI=1S/C26H25N5O/c1-8-23(19-2-3-19)29-15-18(1)17-32-22-6-4-20(5-7-22)25-24-16-28-13-14-31(24)30-26(25)21-9-11-27-12-10-21/h1,4-12,15,19,28H,2-3,13-14,16-17H2. The number of aromatic nitrogens is 4. The fraction of sp³-hybridized carbons (Fsp3) is 0.269. The first-order valence-corrected chi connectivity index (χ1v) is 11.2. The summed E-state index contributed by atoms with van der Waals surface area (Å²) in [5.41, 5.74) is 7.93. The van der Waals surface area contributed by atoms with E-state index < -0.39 is 0 Å². The molecule has 1 fully saturated rings. The van der Waals surface area contributed by atoms with Gasteiger partial charge in [0.1, 0.15) is 18.1 Å². The van der Waals surface area contributed by atoms with Gasteiger partial charge in [-0.3, -0.25) is 14.6 Å². The van der Waals surface area contributed by atoms with E-state index in [-0.39, 0.29) is 0 Å². The molecule has 6 heteroatoms. The van der Waals surface area contributed by atoms with Crippen molar-refractivity contribution in [3.8, 4) is 28.1 Å². The summed E-state index contributed by atoms with van der Waals surface area (Å²) >= 11 is 0. The van der Waals surface area contributed by atoms with Gasteiger partial charge in [-0.2, -0.15) is 5.10 Å². The molecule has 0 amide bonds. The first-order valence-electron chi connectivity index (χ1n) is 11.2. The van der Waals surface area contributed by atoms with Crippen LogP contribution in [0.4, 0.5) is 0 Å². The number of pyridine rings is 2. The van der Waals surface area contributed by atoms with Crippen molar-refractivity contribution < 1.29 is 4.74 Å². The van der Waals surface area contributed by atoms with Crippen LogP contribution < -0.4 is 10.1 Å². The van der Waals surface area contributed by atoms with Gasteiger partial charge in [0.25, 0.3) is 0 Å². The zero-order valence-corrected chi connectivity index (χ0v) is 17.9. The van der Waals surface area contributed by atoms with Crippen molar-refractivity contribution in [3.05, 3.63) is 84.1 Å². The van der Waals surface area contributed by atoms with Crippen molar-refractivity contribution in [2.24, 2.45) is 0 Å². The summed E-state index contributed by atoms with van der Waals surface area (Å²) in [6.45, 7) is 3.15. The van der Waals surface area contributed by atoms with Crippen LogP contribution in [0.15, 0.2) is 67.1 Å². The molecule has 1 saturated carbocycles. The van der Waals surface area contributed by atoms with Crippen LogP contribution in [0, 0.1) is 0 Å². The van der Waals surface area contributed by atoms with Crippen LogP contribution in [0.3, 0.4) is 0 Å². The third kappa shape index (κ3) is 3.78. The Bertz CT molecular complexity index is 1210. The topological polar surface area (TPSA) is 64.9 Å². The third-order valence-electron chi connectivity index (χ3n) is 6.20. The minimum Gasteiger partial charge on any atom is -0.489 e. The van der Waals surface area contributed by atoms with Crippen LogP contribution >= 0.6 is 0 Å². The summed E-state index contributed by atoms with van der Waals surface area (Å²) in [7, 11) is 0. The summed E-state index contributed by atoms with van der Waals surface area (Å²) in [6.07, 6.45) is 8.12. The summed E-state index contributed by atoms with van der Waals surface area (Å²) in [6, 6.07) is 16.6. The average molecular weight is 424 g/mol. The van der Waals surface area contributed by atoms with Crippen LogP contribution in [0.1, 0.15) is 35.7 Å². The lowest BCUT2D eigenvalue weighted by atomic mass is 9.99. The quantitative estimate of drug-likeness (QED) is 0.492. The first-order chi connectivity index (χ1) is 15.8. The van der Waals surface area contributed by atoms with Gasteiger partial charge >= 0.3 is 0 Å². The molecule has 1 N–H and O–H groups in total. The zero-order chi connectivity index (χ0) is 21.3. The monoisotopic (exact) mass is 423 g/mol. The number of hydrogen-bond acceptors (Lipinski definition) is 5. The highest BCUT2D eigenvalue weighted by Crippen LogP contribution is 2.39. The van der Waals surface area contributed by atoms with E-state index in [1.165, 1.54) is 29.8 Å². The van der Waals surface area contributed by atoms with Gasteiger partial charge in [0.15, 0.2) is 0 Å². The van der Waals surface area contributed by atoms with E-state index >= 15 is 0 Å². The molecule has 0 saturated heterocycles. The molecule has 4 aromatic rings. The predicted molar refractivity (Wildman–Crippen MR) is 123 cm³/mol. The first kappa shape index (κ1) is 19.2. The molecule has 3 aromatic heterocycles. The molecule has 1 aliphatic carbocycles. The molecule has 32 heavy (non-hydrogen) atoms. The van der Waals surface area contributed by atoms with Gasteiger partial charge in [-0.25, -0.2) is 0 Å². The minimum atomic E-state index is 0.520. The average Bonchev–Trinajstić information content (AvgIpc) is 3.64. The molecule has 2 aliphatic rings. The second-order valence-electron chi connectivity index (χ2n) is 8.48. The van der Waals surface area contributed by atoms with Crippen molar-refractivity contribution >= 4 is 0 Å². The SMILES string of the molecule is c1cc(-c2nn3c(c2-c2ccc(OCc4ccc(C5CC5)nc4)cc2)CNCC3)ccn1. The molecule has 6 nitrogen and oxygen atoms in total. The van der Waals surface area contributed by atoms with Gasteiger partial charge in [-0.15, -0.1) is 0 Å².